The van der Waals surface area contributed by atoms with Gasteiger partial charge in [-0.3, -0.25) is 14.5 Å². The predicted octanol–water partition coefficient (Wildman–Crippen LogP) is 3.90. The molecule has 8 heteroatoms. The molecule has 0 saturated carbocycles. The molecule has 2 amide bonds. The van der Waals surface area contributed by atoms with E-state index < -0.39 is 6.04 Å². The van der Waals surface area contributed by atoms with Crippen LogP contribution < -0.4 is 20.3 Å². The SMILES string of the molecule is COc1ccccc1CNC(=O)C(NC(=O)CN1CCN(c2ccccc2)CC1)C(C)c1c[nH]c2ccccc12. The van der Waals surface area contributed by atoms with Gasteiger partial charge in [0.15, 0.2) is 0 Å². The second-order valence-corrected chi connectivity index (χ2v) is 10.3. The number of para-hydroxylation sites is 3. The van der Waals surface area contributed by atoms with E-state index in [9.17, 15) is 9.59 Å². The summed E-state index contributed by atoms with van der Waals surface area (Å²) in [7, 11) is 1.61. The minimum atomic E-state index is -0.743. The highest BCUT2D eigenvalue weighted by Crippen LogP contribution is 2.28. The summed E-state index contributed by atoms with van der Waals surface area (Å²) in [5, 5.41) is 7.15. The molecule has 3 aromatic carbocycles. The average molecular weight is 540 g/mol. The van der Waals surface area contributed by atoms with Crippen LogP contribution in [0.15, 0.2) is 85.1 Å². The van der Waals surface area contributed by atoms with Gasteiger partial charge in [0.2, 0.25) is 11.8 Å². The number of aromatic amines is 1. The molecule has 0 spiro atoms. The molecule has 3 N–H and O–H groups in total. The molecule has 8 nitrogen and oxygen atoms in total. The number of nitrogens with one attached hydrogen (secondary N) is 3. The number of ether oxygens (including phenoxy) is 1. The molecular formula is C32H37N5O3. The van der Waals surface area contributed by atoms with Gasteiger partial charge in [-0.15, -0.1) is 0 Å². The van der Waals surface area contributed by atoms with Crippen LogP contribution in [0.1, 0.15) is 24.0 Å². The van der Waals surface area contributed by atoms with Crippen molar-refractivity contribution in [2.24, 2.45) is 0 Å². The largest absolute Gasteiger partial charge is 0.496 e. The summed E-state index contributed by atoms with van der Waals surface area (Å²) in [6.45, 7) is 5.81. The molecule has 2 heterocycles. The Morgan fingerprint density at radius 1 is 0.925 bits per heavy atom. The number of rotatable bonds is 10. The van der Waals surface area contributed by atoms with Crippen molar-refractivity contribution in [2.75, 3.05) is 44.7 Å². The third-order valence-corrected chi connectivity index (χ3v) is 7.72. The van der Waals surface area contributed by atoms with Crippen molar-refractivity contribution in [2.45, 2.75) is 25.4 Å². The molecule has 0 aliphatic carbocycles. The fraction of sp³-hybridized carbons (Fsp3) is 0.312. The summed E-state index contributed by atoms with van der Waals surface area (Å²) < 4.78 is 5.44. The van der Waals surface area contributed by atoms with E-state index in [2.05, 4.69) is 37.6 Å². The number of hydrogen-bond donors (Lipinski definition) is 3. The van der Waals surface area contributed by atoms with Gasteiger partial charge in [0.1, 0.15) is 11.8 Å². The molecule has 0 bridgehead atoms. The zero-order chi connectivity index (χ0) is 27.9. The number of anilines is 1. The minimum Gasteiger partial charge on any atom is -0.496 e. The van der Waals surface area contributed by atoms with Gasteiger partial charge >= 0.3 is 0 Å². The molecule has 1 aromatic heterocycles. The van der Waals surface area contributed by atoms with Crippen molar-refractivity contribution >= 4 is 28.4 Å². The summed E-state index contributed by atoms with van der Waals surface area (Å²) in [6, 6.07) is 25.2. The lowest BCUT2D eigenvalue weighted by Gasteiger charge is -2.36. The van der Waals surface area contributed by atoms with Crippen molar-refractivity contribution in [3.8, 4) is 5.75 Å². The highest BCUT2D eigenvalue weighted by molar-refractivity contribution is 5.91. The number of hydrogen-bond acceptors (Lipinski definition) is 5. The van der Waals surface area contributed by atoms with Crippen LogP contribution in [0, 0.1) is 0 Å². The fourth-order valence-corrected chi connectivity index (χ4v) is 5.43. The third kappa shape index (κ3) is 6.29. The molecule has 1 aliphatic rings. The van der Waals surface area contributed by atoms with E-state index >= 15 is 0 Å². The molecule has 2 unspecified atom stereocenters. The predicted molar refractivity (Wildman–Crippen MR) is 159 cm³/mol. The maximum absolute atomic E-state index is 13.6. The lowest BCUT2D eigenvalue weighted by Crippen LogP contribution is -2.54. The first-order chi connectivity index (χ1) is 19.5. The third-order valence-electron chi connectivity index (χ3n) is 7.72. The Labute approximate surface area is 235 Å². The van der Waals surface area contributed by atoms with Crippen LogP contribution in [-0.2, 0) is 16.1 Å². The maximum Gasteiger partial charge on any atom is 0.243 e. The number of H-pyrrole nitrogens is 1. The monoisotopic (exact) mass is 539 g/mol. The maximum atomic E-state index is 13.6. The fourth-order valence-electron chi connectivity index (χ4n) is 5.43. The van der Waals surface area contributed by atoms with Gasteiger partial charge in [-0.2, -0.15) is 0 Å². The van der Waals surface area contributed by atoms with Gasteiger partial charge in [0.25, 0.3) is 0 Å². The van der Waals surface area contributed by atoms with Crippen molar-refractivity contribution < 1.29 is 14.3 Å². The van der Waals surface area contributed by atoms with E-state index in [1.54, 1.807) is 7.11 Å². The van der Waals surface area contributed by atoms with Crippen molar-refractivity contribution in [3.05, 3.63) is 96.2 Å². The Morgan fingerprint density at radius 2 is 1.62 bits per heavy atom. The lowest BCUT2D eigenvalue weighted by atomic mass is 9.92. The second kappa shape index (κ2) is 12.7. The second-order valence-electron chi connectivity index (χ2n) is 10.3. The number of piperazine rings is 1. The number of benzene rings is 3. The zero-order valence-electron chi connectivity index (χ0n) is 23.1. The highest BCUT2D eigenvalue weighted by atomic mass is 16.5. The van der Waals surface area contributed by atoms with E-state index in [1.807, 2.05) is 79.9 Å². The number of fused-ring (bicyclic) bond motifs is 1. The first kappa shape index (κ1) is 27.3. The Morgan fingerprint density at radius 3 is 2.40 bits per heavy atom. The van der Waals surface area contributed by atoms with Crippen LogP contribution in [0.2, 0.25) is 0 Å². The number of carbonyl (C=O) groups is 2. The van der Waals surface area contributed by atoms with Crippen molar-refractivity contribution in [1.82, 2.24) is 20.5 Å². The van der Waals surface area contributed by atoms with Crippen LogP contribution in [0.4, 0.5) is 5.69 Å². The Kier molecular flexibility index (Phi) is 8.66. The van der Waals surface area contributed by atoms with Gasteiger partial charge < -0.3 is 25.3 Å². The molecule has 1 fully saturated rings. The van der Waals surface area contributed by atoms with Crippen molar-refractivity contribution in [3.63, 3.8) is 0 Å². The zero-order valence-corrected chi connectivity index (χ0v) is 23.1. The normalized spacial score (nSPS) is 15.4. The molecule has 1 aliphatic heterocycles. The molecule has 4 aromatic rings. The van der Waals surface area contributed by atoms with E-state index in [-0.39, 0.29) is 24.3 Å². The quantitative estimate of drug-likeness (QED) is 0.284. The number of methoxy groups -OCH3 is 1. The summed E-state index contributed by atoms with van der Waals surface area (Å²) in [5.41, 5.74) is 4.07. The Bertz CT molecular complexity index is 1430. The van der Waals surface area contributed by atoms with Crippen LogP contribution in [0.3, 0.4) is 0 Å². The van der Waals surface area contributed by atoms with Crippen molar-refractivity contribution in [1.29, 1.82) is 0 Å². The van der Waals surface area contributed by atoms with Gasteiger partial charge in [0.05, 0.1) is 13.7 Å². The van der Waals surface area contributed by atoms with Gasteiger partial charge in [-0.25, -0.2) is 0 Å². The first-order valence-electron chi connectivity index (χ1n) is 13.8. The summed E-state index contributed by atoms with van der Waals surface area (Å²) >= 11 is 0. The van der Waals surface area contributed by atoms with Gasteiger partial charge in [-0.1, -0.05) is 61.5 Å². The minimum absolute atomic E-state index is 0.155. The summed E-state index contributed by atoms with van der Waals surface area (Å²) in [6.07, 6.45) is 1.94. The first-order valence-corrected chi connectivity index (χ1v) is 13.8. The number of amides is 2. The number of aromatic nitrogens is 1. The molecule has 0 radical (unpaired) electrons. The van der Waals surface area contributed by atoms with E-state index in [1.165, 1.54) is 5.69 Å². The average Bonchev–Trinajstić information content (AvgIpc) is 3.43. The smallest absolute Gasteiger partial charge is 0.243 e. The van der Waals surface area contributed by atoms with E-state index in [4.69, 9.17) is 4.74 Å². The van der Waals surface area contributed by atoms with Crippen LogP contribution >= 0.6 is 0 Å². The molecule has 5 rings (SSSR count). The Balaban J connectivity index is 1.27. The van der Waals surface area contributed by atoms with Crippen LogP contribution in [0.5, 0.6) is 5.75 Å². The highest BCUT2D eigenvalue weighted by Gasteiger charge is 2.30. The van der Waals surface area contributed by atoms with Crippen LogP contribution in [-0.4, -0.2) is 67.6 Å². The summed E-state index contributed by atoms with van der Waals surface area (Å²) in [4.78, 5) is 34.7. The summed E-state index contributed by atoms with van der Waals surface area (Å²) in [5.74, 6) is 0.0682. The topological polar surface area (TPSA) is 89.7 Å². The van der Waals surface area contributed by atoms with Gasteiger partial charge in [0, 0.05) is 67.0 Å². The molecule has 40 heavy (non-hydrogen) atoms. The molecule has 2 atom stereocenters. The molecule has 1 saturated heterocycles. The van der Waals surface area contributed by atoms with Crippen LogP contribution in [0.25, 0.3) is 10.9 Å². The van der Waals surface area contributed by atoms with E-state index in [0.29, 0.717) is 12.3 Å². The standard InChI is InChI=1S/C32H37N5O3/c1-23(27-21-33-28-14-8-7-13-26(27)28)31(32(39)34-20-24-10-6-9-15-29(24)40-2)35-30(38)22-36-16-18-37(19-17-36)25-11-4-3-5-12-25/h3-15,21,23,31,33H,16-20,22H2,1-2H3,(H,34,39)(H,35,38). The molecular weight excluding hydrogens is 502 g/mol. The number of carbonyl (C=O) groups excluding carboxylic acids is 2. The molecule has 208 valence electrons. The lowest BCUT2D eigenvalue weighted by molar-refractivity contribution is -0.130. The number of nitrogens with zero attached hydrogens (tertiary/aromatic N) is 2. The Hall–Kier alpha value is -4.30. The van der Waals surface area contributed by atoms with E-state index in [0.717, 1.165) is 48.2 Å². The van der Waals surface area contributed by atoms with Gasteiger partial charge in [-0.05, 0) is 29.8 Å².